The Kier molecular flexibility index (Phi) is 5.69. The number of ether oxygens (including phenoxy) is 2. The first-order chi connectivity index (χ1) is 13.9. The van der Waals surface area contributed by atoms with Crippen molar-refractivity contribution in [2.75, 3.05) is 13.2 Å². The minimum atomic E-state index is -0.347. The Morgan fingerprint density at radius 1 is 1.34 bits per heavy atom. The summed E-state index contributed by atoms with van der Waals surface area (Å²) >= 11 is 1.73. The van der Waals surface area contributed by atoms with E-state index in [0.717, 1.165) is 42.5 Å². The van der Waals surface area contributed by atoms with Crippen LogP contribution in [0.15, 0.2) is 18.3 Å². The van der Waals surface area contributed by atoms with Gasteiger partial charge in [0.1, 0.15) is 6.61 Å². The Balaban J connectivity index is 1.73. The molecule has 3 aromatic heterocycles. The molecule has 0 spiro atoms. The third-order valence-electron chi connectivity index (χ3n) is 5.27. The Hall–Kier alpha value is -2.25. The van der Waals surface area contributed by atoms with Gasteiger partial charge in [-0.15, -0.1) is 11.3 Å². The van der Waals surface area contributed by atoms with E-state index in [0.29, 0.717) is 11.2 Å². The summed E-state index contributed by atoms with van der Waals surface area (Å²) in [5.74, 6) is -0.347. The molecule has 1 aliphatic rings. The molecule has 29 heavy (non-hydrogen) atoms. The van der Waals surface area contributed by atoms with Crippen molar-refractivity contribution in [3.05, 3.63) is 33.6 Å². The van der Waals surface area contributed by atoms with E-state index in [9.17, 15) is 4.79 Å². The zero-order valence-corrected chi connectivity index (χ0v) is 18.2. The second-order valence-electron chi connectivity index (χ2n) is 7.89. The molecule has 0 aliphatic carbocycles. The molecule has 0 N–H and O–H groups in total. The van der Waals surface area contributed by atoms with E-state index in [1.54, 1.807) is 17.5 Å². The van der Waals surface area contributed by atoms with E-state index in [-0.39, 0.29) is 24.7 Å². The van der Waals surface area contributed by atoms with E-state index in [2.05, 4.69) is 38.9 Å². The predicted molar refractivity (Wildman–Crippen MR) is 115 cm³/mol. The van der Waals surface area contributed by atoms with Crippen molar-refractivity contribution in [2.45, 2.75) is 59.1 Å². The van der Waals surface area contributed by atoms with E-state index in [1.807, 2.05) is 10.7 Å². The van der Waals surface area contributed by atoms with Crippen LogP contribution in [0.1, 0.15) is 59.3 Å². The molecule has 3 aromatic rings. The SMILES string of the molecule is Cc1cc(-c2cc(C(=O)OCC3CCCCO3)c3cnn(C(C)C)c3n2)c(C)s1. The molecule has 1 aliphatic heterocycles. The first-order valence-corrected chi connectivity index (χ1v) is 11.0. The highest BCUT2D eigenvalue weighted by Gasteiger charge is 2.22. The Labute approximate surface area is 174 Å². The van der Waals surface area contributed by atoms with Gasteiger partial charge in [-0.3, -0.25) is 0 Å². The number of thiophene rings is 1. The number of aryl methyl sites for hydroxylation is 2. The monoisotopic (exact) mass is 413 g/mol. The zero-order chi connectivity index (χ0) is 20.5. The lowest BCUT2D eigenvalue weighted by Crippen LogP contribution is -2.26. The minimum Gasteiger partial charge on any atom is -0.459 e. The molecule has 7 heteroatoms. The van der Waals surface area contributed by atoms with Crippen LogP contribution in [0.25, 0.3) is 22.3 Å². The summed E-state index contributed by atoms with van der Waals surface area (Å²) in [7, 11) is 0. The number of nitrogens with zero attached hydrogens (tertiary/aromatic N) is 3. The van der Waals surface area contributed by atoms with Crippen LogP contribution < -0.4 is 0 Å². The number of rotatable bonds is 5. The highest BCUT2D eigenvalue weighted by Crippen LogP contribution is 2.32. The fraction of sp³-hybridized carbons (Fsp3) is 0.500. The first kappa shape index (κ1) is 20.0. The number of hydrogen-bond acceptors (Lipinski definition) is 6. The molecular formula is C22H27N3O3S. The lowest BCUT2D eigenvalue weighted by molar-refractivity contribution is -0.0299. The molecule has 0 saturated carbocycles. The van der Waals surface area contributed by atoms with Crippen molar-refractivity contribution in [3.63, 3.8) is 0 Å². The lowest BCUT2D eigenvalue weighted by Gasteiger charge is -2.22. The standard InChI is InChI=1S/C22H27N3O3S/c1-13(2)25-21-19(11-23-25)18(22(26)28-12-16-7-5-6-8-27-16)10-20(24-21)17-9-14(3)29-15(17)4/h9-11,13,16H,5-8,12H2,1-4H3. The van der Waals surface area contributed by atoms with E-state index in [4.69, 9.17) is 14.5 Å². The van der Waals surface area contributed by atoms with E-state index < -0.39 is 0 Å². The van der Waals surface area contributed by atoms with Crippen LogP contribution in [-0.2, 0) is 9.47 Å². The van der Waals surface area contributed by atoms with Crippen LogP contribution in [0, 0.1) is 13.8 Å². The summed E-state index contributed by atoms with van der Waals surface area (Å²) in [4.78, 5) is 20.3. The summed E-state index contributed by atoms with van der Waals surface area (Å²) in [6, 6.07) is 4.10. The summed E-state index contributed by atoms with van der Waals surface area (Å²) < 4.78 is 13.2. The highest BCUT2D eigenvalue weighted by molar-refractivity contribution is 7.12. The quantitative estimate of drug-likeness (QED) is 0.546. The average Bonchev–Trinajstić information content (AvgIpc) is 3.28. The second-order valence-corrected chi connectivity index (χ2v) is 9.35. The third-order valence-corrected chi connectivity index (χ3v) is 6.23. The maximum Gasteiger partial charge on any atom is 0.339 e. The topological polar surface area (TPSA) is 66.2 Å². The van der Waals surface area contributed by atoms with Crippen molar-refractivity contribution in [1.29, 1.82) is 0 Å². The van der Waals surface area contributed by atoms with Gasteiger partial charge in [-0.25, -0.2) is 14.5 Å². The van der Waals surface area contributed by atoms with Gasteiger partial charge >= 0.3 is 5.97 Å². The van der Waals surface area contributed by atoms with Gasteiger partial charge in [-0.1, -0.05) is 0 Å². The largest absolute Gasteiger partial charge is 0.459 e. The van der Waals surface area contributed by atoms with Gasteiger partial charge in [0.15, 0.2) is 5.65 Å². The van der Waals surface area contributed by atoms with Gasteiger partial charge in [-0.2, -0.15) is 5.10 Å². The summed E-state index contributed by atoms with van der Waals surface area (Å²) in [5, 5.41) is 5.20. The van der Waals surface area contributed by atoms with Crippen LogP contribution in [0.5, 0.6) is 0 Å². The molecule has 0 aromatic carbocycles. The highest BCUT2D eigenvalue weighted by atomic mass is 32.1. The Bertz CT molecular complexity index is 1030. The van der Waals surface area contributed by atoms with Crippen LogP contribution in [0.3, 0.4) is 0 Å². The van der Waals surface area contributed by atoms with Crippen LogP contribution in [0.2, 0.25) is 0 Å². The fourth-order valence-corrected chi connectivity index (χ4v) is 4.71. The number of carbonyl (C=O) groups is 1. The second kappa shape index (κ2) is 8.24. The molecule has 6 nitrogen and oxygen atoms in total. The van der Waals surface area contributed by atoms with Crippen LogP contribution in [-0.4, -0.2) is 40.1 Å². The van der Waals surface area contributed by atoms with Gasteiger partial charge < -0.3 is 9.47 Å². The maximum absolute atomic E-state index is 13.0. The molecule has 1 saturated heterocycles. The number of pyridine rings is 1. The van der Waals surface area contributed by atoms with Crippen molar-refractivity contribution in [1.82, 2.24) is 14.8 Å². The number of aromatic nitrogens is 3. The molecule has 0 amide bonds. The molecule has 1 fully saturated rings. The first-order valence-electron chi connectivity index (χ1n) is 10.2. The maximum atomic E-state index is 13.0. The van der Waals surface area contributed by atoms with Crippen molar-refractivity contribution in [2.24, 2.45) is 0 Å². The summed E-state index contributed by atoms with van der Waals surface area (Å²) in [6.07, 6.45) is 4.83. The van der Waals surface area contributed by atoms with Gasteiger partial charge in [0.2, 0.25) is 0 Å². The molecule has 0 radical (unpaired) electrons. The van der Waals surface area contributed by atoms with Crippen molar-refractivity contribution >= 4 is 28.3 Å². The fourth-order valence-electron chi connectivity index (χ4n) is 3.77. The molecule has 0 bridgehead atoms. The van der Waals surface area contributed by atoms with Gasteiger partial charge in [0, 0.05) is 28.0 Å². The normalized spacial score (nSPS) is 17.2. The van der Waals surface area contributed by atoms with Gasteiger partial charge in [0.05, 0.1) is 28.9 Å². The van der Waals surface area contributed by atoms with E-state index >= 15 is 0 Å². The lowest BCUT2D eigenvalue weighted by atomic mass is 10.1. The Morgan fingerprint density at radius 2 is 2.17 bits per heavy atom. The van der Waals surface area contributed by atoms with E-state index in [1.165, 1.54) is 9.75 Å². The van der Waals surface area contributed by atoms with Crippen LogP contribution in [0.4, 0.5) is 0 Å². The molecular weight excluding hydrogens is 386 g/mol. The average molecular weight is 414 g/mol. The van der Waals surface area contributed by atoms with Gasteiger partial charge in [-0.05, 0) is 59.1 Å². The van der Waals surface area contributed by atoms with Crippen molar-refractivity contribution < 1.29 is 14.3 Å². The molecule has 4 heterocycles. The number of carbonyl (C=O) groups excluding carboxylic acids is 1. The van der Waals surface area contributed by atoms with Gasteiger partial charge in [0.25, 0.3) is 0 Å². The number of fused-ring (bicyclic) bond motifs is 1. The zero-order valence-electron chi connectivity index (χ0n) is 17.4. The number of esters is 1. The summed E-state index contributed by atoms with van der Waals surface area (Å²) in [6.45, 7) is 9.30. The third kappa shape index (κ3) is 4.07. The summed E-state index contributed by atoms with van der Waals surface area (Å²) in [5.41, 5.74) is 3.05. The predicted octanol–water partition coefficient (Wildman–Crippen LogP) is 5.08. The molecule has 1 unspecified atom stereocenters. The molecule has 1 atom stereocenters. The van der Waals surface area contributed by atoms with Crippen LogP contribution >= 0.6 is 11.3 Å². The Morgan fingerprint density at radius 3 is 2.83 bits per heavy atom. The number of hydrogen-bond donors (Lipinski definition) is 0. The minimum absolute atomic E-state index is 0.00958. The van der Waals surface area contributed by atoms with Crippen molar-refractivity contribution in [3.8, 4) is 11.3 Å². The molecule has 4 rings (SSSR count). The molecule has 154 valence electrons. The smallest absolute Gasteiger partial charge is 0.339 e.